The summed E-state index contributed by atoms with van der Waals surface area (Å²) in [5.41, 5.74) is 6.41. The summed E-state index contributed by atoms with van der Waals surface area (Å²) in [6.07, 6.45) is 8.84. The number of allylic oxidation sites excluding steroid dienone is 4. The molecule has 0 aromatic heterocycles. The summed E-state index contributed by atoms with van der Waals surface area (Å²) in [6.45, 7) is 8.11. The molecule has 3 nitrogen and oxygen atoms in total. The van der Waals surface area contributed by atoms with Crippen molar-refractivity contribution in [3.63, 3.8) is 0 Å². The number of para-hydroxylation sites is 1. The fourth-order valence-corrected chi connectivity index (χ4v) is 4.38. The number of anilines is 1. The first-order chi connectivity index (χ1) is 14.7. The largest absolute Gasteiger partial charge is 1.00 e. The van der Waals surface area contributed by atoms with Crippen LogP contribution in [0.25, 0.3) is 0 Å². The van der Waals surface area contributed by atoms with Gasteiger partial charge in [0.25, 0.3) is 5.76 Å². The van der Waals surface area contributed by atoms with Gasteiger partial charge in [0.2, 0.25) is 0 Å². The molecule has 0 saturated heterocycles. The van der Waals surface area contributed by atoms with Crippen molar-refractivity contribution in [1.82, 2.24) is 4.90 Å². The lowest BCUT2D eigenvalue weighted by atomic mass is 9.79. The van der Waals surface area contributed by atoms with E-state index in [0.717, 1.165) is 31.8 Å². The van der Waals surface area contributed by atoms with E-state index in [9.17, 15) is 0 Å². The summed E-state index contributed by atoms with van der Waals surface area (Å²) in [6, 6.07) is 19.5. The maximum absolute atomic E-state index is 6.11. The average Bonchev–Trinajstić information content (AvgIpc) is 2.80. The van der Waals surface area contributed by atoms with E-state index < -0.39 is 0 Å². The lowest BCUT2D eigenvalue weighted by Crippen LogP contribution is -3.00. The predicted octanol–water partition coefficient (Wildman–Crippen LogP) is 2.76. The fourth-order valence-electron chi connectivity index (χ4n) is 4.38. The van der Waals surface area contributed by atoms with Gasteiger partial charge in [-0.1, -0.05) is 62.4 Å². The van der Waals surface area contributed by atoms with Gasteiger partial charge < -0.3 is 22.0 Å². The number of ether oxygens (including phenoxy) is 1. The average molecular weight is 471 g/mol. The molecular formula is C27H32Cl2N2O. The van der Waals surface area contributed by atoms with Gasteiger partial charge in [0.1, 0.15) is 6.61 Å². The van der Waals surface area contributed by atoms with Crippen LogP contribution in [0.1, 0.15) is 30.9 Å². The van der Waals surface area contributed by atoms with E-state index >= 15 is 0 Å². The summed E-state index contributed by atoms with van der Waals surface area (Å²) in [5.74, 6) is 1.10. The molecule has 1 unspecified atom stereocenters. The van der Waals surface area contributed by atoms with E-state index in [0.29, 0.717) is 6.61 Å². The molecule has 0 N–H and O–H groups in total. The minimum atomic E-state index is 0. The van der Waals surface area contributed by atoms with Gasteiger partial charge in [-0.25, -0.2) is 0 Å². The Morgan fingerprint density at radius 2 is 1.66 bits per heavy atom. The highest BCUT2D eigenvalue weighted by atomic mass is 35.5. The van der Waals surface area contributed by atoms with Gasteiger partial charge in [-0.05, 0) is 36.7 Å². The zero-order valence-corrected chi connectivity index (χ0v) is 20.6. The summed E-state index contributed by atoms with van der Waals surface area (Å²) >= 11 is 0. The minimum absolute atomic E-state index is 0. The predicted molar refractivity (Wildman–Crippen MR) is 132 cm³/mol. The molecule has 0 amide bonds. The van der Waals surface area contributed by atoms with Gasteiger partial charge in [-0.15, -0.1) is 12.4 Å². The van der Waals surface area contributed by atoms with Crippen LogP contribution in [-0.4, -0.2) is 38.2 Å². The molecule has 170 valence electrons. The van der Waals surface area contributed by atoms with Gasteiger partial charge in [0.05, 0.1) is 29.8 Å². The highest BCUT2D eigenvalue weighted by Gasteiger charge is 2.37. The Balaban J connectivity index is 0.00000181. The third kappa shape index (κ3) is 5.54. The fraction of sp³-hybridized carbons (Fsp3) is 0.333. The number of benzene rings is 2. The van der Waals surface area contributed by atoms with Crippen molar-refractivity contribution >= 4 is 18.1 Å². The van der Waals surface area contributed by atoms with Crippen molar-refractivity contribution in [1.29, 1.82) is 0 Å². The molecule has 0 radical (unpaired) electrons. The van der Waals surface area contributed by atoms with Crippen LogP contribution < -0.4 is 17.3 Å². The van der Waals surface area contributed by atoms with Crippen molar-refractivity contribution in [3.05, 3.63) is 101 Å². The van der Waals surface area contributed by atoms with E-state index in [1.165, 1.54) is 28.1 Å². The van der Waals surface area contributed by atoms with Crippen LogP contribution in [0.15, 0.2) is 83.8 Å². The molecule has 4 rings (SSSR count). The number of hydrogen-bond acceptors (Lipinski definition) is 3. The van der Waals surface area contributed by atoms with Crippen LogP contribution in [0.3, 0.4) is 0 Å². The Morgan fingerprint density at radius 1 is 0.969 bits per heavy atom. The van der Waals surface area contributed by atoms with E-state index in [1.54, 1.807) is 0 Å². The lowest BCUT2D eigenvalue weighted by molar-refractivity contribution is -0.00000693. The maximum Gasteiger partial charge on any atom is 0.289 e. The quantitative estimate of drug-likeness (QED) is 0.551. The van der Waals surface area contributed by atoms with Crippen LogP contribution in [0.4, 0.5) is 5.69 Å². The normalized spacial score (nSPS) is 16.3. The molecule has 1 aliphatic heterocycles. The number of likely N-dealkylation sites (N-methyl/N-ethyl adjacent to an activating group) is 2. The van der Waals surface area contributed by atoms with Gasteiger partial charge in [0.15, 0.2) is 11.3 Å². The van der Waals surface area contributed by atoms with Crippen LogP contribution in [0.2, 0.25) is 0 Å². The first kappa shape index (κ1) is 26.0. The van der Waals surface area contributed by atoms with Gasteiger partial charge >= 0.3 is 0 Å². The highest BCUT2D eigenvalue weighted by Crippen LogP contribution is 2.44. The van der Waals surface area contributed by atoms with E-state index in [2.05, 4.69) is 104 Å². The minimum Gasteiger partial charge on any atom is -1.00 e. The first-order valence-corrected chi connectivity index (χ1v) is 11.0. The topological polar surface area (TPSA) is 15.7 Å². The van der Waals surface area contributed by atoms with Crippen molar-refractivity contribution in [3.8, 4) is 0 Å². The Kier molecular flexibility index (Phi) is 9.81. The highest BCUT2D eigenvalue weighted by molar-refractivity contribution is 5.85. The molecule has 0 bridgehead atoms. The zero-order chi connectivity index (χ0) is 20.9. The summed E-state index contributed by atoms with van der Waals surface area (Å²) in [7, 11) is 2.14. The van der Waals surface area contributed by atoms with Crippen LogP contribution in [0, 0.1) is 6.08 Å². The van der Waals surface area contributed by atoms with Gasteiger partial charge in [0, 0.05) is 13.6 Å². The number of rotatable bonds is 8. The number of nitrogens with zero attached hydrogens (tertiary/aromatic N) is 2. The molecule has 0 saturated carbocycles. The molecule has 1 aliphatic carbocycles. The standard InChI is InChI=1S/C27H31N2O.2ClH/c1-4-29(5-2)17-18-30-22-15-16-27-25(20-22)24(19-21-11-7-6-8-12-21)23-13-9-10-14-26(23)28(27)3;;/h6-16,24H,4-5,17-19H2,1-3H3;2*1H/q+1;;/p-1. The molecule has 0 spiro atoms. The van der Waals surface area contributed by atoms with E-state index in [1.807, 2.05) is 0 Å². The smallest absolute Gasteiger partial charge is 0.289 e. The molecule has 2 aromatic rings. The second-order valence-corrected chi connectivity index (χ2v) is 7.86. The van der Waals surface area contributed by atoms with Crippen molar-refractivity contribution in [2.75, 3.05) is 38.2 Å². The monoisotopic (exact) mass is 470 g/mol. The molecule has 32 heavy (non-hydrogen) atoms. The third-order valence-electron chi connectivity index (χ3n) is 6.15. The summed E-state index contributed by atoms with van der Waals surface area (Å²) < 4.78 is 6.11. The molecule has 5 heteroatoms. The van der Waals surface area contributed by atoms with Crippen molar-refractivity contribution in [2.45, 2.75) is 26.2 Å². The van der Waals surface area contributed by atoms with Crippen molar-refractivity contribution in [2.24, 2.45) is 0 Å². The Bertz CT molecular complexity index is 965. The molecule has 1 atom stereocenters. The number of halogens is 2. The molecule has 2 aliphatic rings. The molecular weight excluding hydrogens is 439 g/mol. The number of fused-ring (bicyclic) bond motifs is 1. The molecule has 2 aromatic carbocycles. The third-order valence-corrected chi connectivity index (χ3v) is 6.15. The Labute approximate surface area is 205 Å². The van der Waals surface area contributed by atoms with E-state index in [-0.39, 0.29) is 30.7 Å². The number of hydrogen-bond donors (Lipinski definition) is 0. The lowest BCUT2D eigenvalue weighted by Gasteiger charge is -2.31. The Morgan fingerprint density at radius 3 is 2.38 bits per heavy atom. The van der Waals surface area contributed by atoms with Crippen molar-refractivity contribution < 1.29 is 17.1 Å². The second-order valence-electron chi connectivity index (χ2n) is 7.86. The SMILES string of the molecule is CCN(CC)CCOC1=[C+]C2=C(C=C1)N(C)c1ccccc1C2Cc1ccccc1.Cl.[Cl-]. The Hall–Kier alpha value is -2.29. The molecule has 0 fully saturated rings. The summed E-state index contributed by atoms with van der Waals surface area (Å²) in [5, 5.41) is 0. The van der Waals surface area contributed by atoms with E-state index in [4.69, 9.17) is 4.74 Å². The van der Waals surface area contributed by atoms with Crippen LogP contribution in [0.5, 0.6) is 0 Å². The van der Waals surface area contributed by atoms with Crippen LogP contribution in [-0.2, 0) is 11.2 Å². The van der Waals surface area contributed by atoms with Gasteiger partial charge in [-0.3, -0.25) is 4.90 Å². The maximum atomic E-state index is 6.11. The first-order valence-electron chi connectivity index (χ1n) is 11.0. The molecule has 1 heterocycles. The summed E-state index contributed by atoms with van der Waals surface area (Å²) in [4.78, 5) is 4.66. The zero-order valence-electron chi connectivity index (χ0n) is 19.1. The van der Waals surface area contributed by atoms with Crippen LogP contribution >= 0.6 is 12.4 Å². The second kappa shape index (κ2) is 12.1. The van der Waals surface area contributed by atoms with Gasteiger partial charge in [-0.2, -0.15) is 0 Å².